The highest BCUT2D eigenvalue weighted by atomic mass is 16.5. The van der Waals surface area contributed by atoms with Gasteiger partial charge in [-0.15, -0.1) is 0 Å². The zero-order valence-electron chi connectivity index (χ0n) is 10.6. The first-order valence-electron chi connectivity index (χ1n) is 6.21. The quantitative estimate of drug-likeness (QED) is 0.775. The summed E-state index contributed by atoms with van der Waals surface area (Å²) in [5, 5.41) is 3.13. The number of methoxy groups -OCH3 is 1. The molecule has 1 saturated carbocycles. The van der Waals surface area contributed by atoms with Crippen LogP contribution in [0.1, 0.15) is 18.5 Å². The molecule has 2 rings (SSSR count). The molecule has 1 aromatic rings. The van der Waals surface area contributed by atoms with Crippen LogP contribution < -0.4 is 10.2 Å². The van der Waals surface area contributed by atoms with E-state index in [2.05, 4.69) is 33.4 Å². The van der Waals surface area contributed by atoms with Crippen LogP contribution in [0.5, 0.6) is 0 Å². The van der Waals surface area contributed by atoms with Crippen LogP contribution in [0.2, 0.25) is 0 Å². The SMILES string of the molecule is CNCc1cccc(N(CCOC)C2CC2)n1. The molecular formula is C13H21N3O. The van der Waals surface area contributed by atoms with E-state index in [0.29, 0.717) is 6.04 Å². The highest BCUT2D eigenvalue weighted by Gasteiger charge is 2.29. The summed E-state index contributed by atoms with van der Waals surface area (Å²) in [5.74, 6) is 1.08. The molecule has 1 aromatic heterocycles. The molecule has 0 aromatic carbocycles. The van der Waals surface area contributed by atoms with Crippen molar-refractivity contribution in [3.8, 4) is 0 Å². The van der Waals surface area contributed by atoms with E-state index in [0.717, 1.165) is 31.2 Å². The Bertz CT molecular complexity index is 352. The van der Waals surface area contributed by atoms with Gasteiger partial charge >= 0.3 is 0 Å². The molecule has 1 aliphatic rings. The molecule has 0 spiro atoms. The van der Waals surface area contributed by atoms with E-state index in [1.165, 1.54) is 12.8 Å². The van der Waals surface area contributed by atoms with Crippen molar-refractivity contribution in [1.29, 1.82) is 0 Å². The Morgan fingerprint density at radius 2 is 2.29 bits per heavy atom. The summed E-state index contributed by atoms with van der Waals surface area (Å²) in [6.07, 6.45) is 2.56. The number of aromatic nitrogens is 1. The standard InChI is InChI=1S/C13H21N3O/c1-14-10-11-4-3-5-13(15-11)16(8-9-17-2)12-6-7-12/h3-5,12,14H,6-10H2,1-2H3. The third-order valence-corrected chi connectivity index (χ3v) is 2.97. The topological polar surface area (TPSA) is 37.4 Å². The number of anilines is 1. The summed E-state index contributed by atoms with van der Waals surface area (Å²) in [6.45, 7) is 2.50. The van der Waals surface area contributed by atoms with Crippen LogP contribution in [0.3, 0.4) is 0 Å². The Morgan fingerprint density at radius 1 is 1.47 bits per heavy atom. The molecular weight excluding hydrogens is 214 g/mol. The number of ether oxygens (including phenoxy) is 1. The lowest BCUT2D eigenvalue weighted by Crippen LogP contribution is -2.30. The molecule has 0 bridgehead atoms. The fourth-order valence-corrected chi connectivity index (χ4v) is 1.97. The van der Waals surface area contributed by atoms with Crippen molar-refractivity contribution in [3.05, 3.63) is 23.9 Å². The number of hydrogen-bond acceptors (Lipinski definition) is 4. The van der Waals surface area contributed by atoms with Gasteiger partial charge in [0.25, 0.3) is 0 Å². The average molecular weight is 235 g/mol. The molecule has 0 amide bonds. The molecule has 0 atom stereocenters. The van der Waals surface area contributed by atoms with Crippen molar-refractivity contribution >= 4 is 5.82 Å². The molecule has 0 saturated heterocycles. The second-order valence-corrected chi connectivity index (χ2v) is 4.43. The summed E-state index contributed by atoms with van der Waals surface area (Å²) in [7, 11) is 3.69. The number of nitrogens with one attached hydrogen (secondary N) is 1. The van der Waals surface area contributed by atoms with E-state index in [1.807, 2.05) is 7.05 Å². The van der Waals surface area contributed by atoms with Crippen LogP contribution in [-0.4, -0.2) is 38.3 Å². The molecule has 1 fully saturated rings. The van der Waals surface area contributed by atoms with Gasteiger partial charge in [-0.25, -0.2) is 4.98 Å². The first kappa shape index (κ1) is 12.3. The molecule has 0 unspecified atom stereocenters. The fraction of sp³-hybridized carbons (Fsp3) is 0.615. The first-order chi connectivity index (χ1) is 8.35. The average Bonchev–Trinajstić information content (AvgIpc) is 3.15. The van der Waals surface area contributed by atoms with E-state index < -0.39 is 0 Å². The van der Waals surface area contributed by atoms with Gasteiger partial charge in [-0.05, 0) is 32.0 Å². The fourth-order valence-electron chi connectivity index (χ4n) is 1.97. The molecule has 4 nitrogen and oxygen atoms in total. The Hall–Kier alpha value is -1.13. The van der Waals surface area contributed by atoms with Gasteiger partial charge in [0, 0.05) is 26.2 Å². The van der Waals surface area contributed by atoms with Crippen LogP contribution in [0, 0.1) is 0 Å². The summed E-state index contributed by atoms with van der Waals surface area (Å²) in [5.41, 5.74) is 1.09. The highest BCUT2D eigenvalue weighted by molar-refractivity contribution is 5.42. The largest absolute Gasteiger partial charge is 0.383 e. The minimum absolute atomic E-state index is 0.669. The van der Waals surface area contributed by atoms with Gasteiger partial charge in [0.15, 0.2) is 0 Å². The maximum atomic E-state index is 5.17. The number of pyridine rings is 1. The van der Waals surface area contributed by atoms with Gasteiger partial charge in [0.1, 0.15) is 5.82 Å². The maximum Gasteiger partial charge on any atom is 0.129 e. The van der Waals surface area contributed by atoms with Crippen molar-refractivity contribution in [2.75, 3.05) is 32.2 Å². The lowest BCUT2D eigenvalue weighted by molar-refractivity contribution is 0.204. The van der Waals surface area contributed by atoms with Gasteiger partial charge in [-0.3, -0.25) is 0 Å². The van der Waals surface area contributed by atoms with Crippen molar-refractivity contribution in [2.45, 2.75) is 25.4 Å². The van der Waals surface area contributed by atoms with E-state index in [-0.39, 0.29) is 0 Å². The molecule has 0 radical (unpaired) electrons. The monoisotopic (exact) mass is 235 g/mol. The van der Waals surface area contributed by atoms with Crippen LogP contribution in [0.25, 0.3) is 0 Å². The second-order valence-electron chi connectivity index (χ2n) is 4.43. The molecule has 17 heavy (non-hydrogen) atoms. The number of rotatable bonds is 7. The third kappa shape index (κ3) is 3.41. The Kier molecular flexibility index (Phi) is 4.34. The normalized spacial score (nSPS) is 14.9. The number of hydrogen-bond donors (Lipinski definition) is 1. The van der Waals surface area contributed by atoms with Crippen molar-refractivity contribution in [2.24, 2.45) is 0 Å². The van der Waals surface area contributed by atoms with Gasteiger partial charge in [0.05, 0.1) is 12.3 Å². The molecule has 4 heteroatoms. The van der Waals surface area contributed by atoms with E-state index in [9.17, 15) is 0 Å². The Morgan fingerprint density at radius 3 is 2.94 bits per heavy atom. The second kappa shape index (κ2) is 5.98. The lowest BCUT2D eigenvalue weighted by atomic mass is 10.3. The highest BCUT2D eigenvalue weighted by Crippen LogP contribution is 2.30. The smallest absolute Gasteiger partial charge is 0.129 e. The van der Waals surface area contributed by atoms with Crippen molar-refractivity contribution in [3.63, 3.8) is 0 Å². The van der Waals surface area contributed by atoms with E-state index in [4.69, 9.17) is 4.74 Å². The van der Waals surface area contributed by atoms with Crippen molar-refractivity contribution < 1.29 is 4.74 Å². The maximum absolute atomic E-state index is 5.17. The minimum Gasteiger partial charge on any atom is -0.383 e. The Balaban J connectivity index is 2.08. The van der Waals surface area contributed by atoms with Crippen LogP contribution in [-0.2, 0) is 11.3 Å². The zero-order valence-corrected chi connectivity index (χ0v) is 10.6. The minimum atomic E-state index is 0.669. The lowest BCUT2D eigenvalue weighted by Gasteiger charge is -2.23. The molecule has 1 heterocycles. The third-order valence-electron chi connectivity index (χ3n) is 2.97. The molecule has 0 aliphatic heterocycles. The summed E-state index contributed by atoms with van der Waals surface area (Å²) in [6, 6.07) is 6.90. The predicted octanol–water partition coefficient (Wildman–Crippen LogP) is 1.42. The van der Waals surface area contributed by atoms with Gasteiger partial charge in [-0.1, -0.05) is 6.07 Å². The van der Waals surface area contributed by atoms with E-state index >= 15 is 0 Å². The first-order valence-corrected chi connectivity index (χ1v) is 6.21. The van der Waals surface area contributed by atoms with E-state index in [1.54, 1.807) is 7.11 Å². The van der Waals surface area contributed by atoms with Crippen molar-refractivity contribution in [1.82, 2.24) is 10.3 Å². The van der Waals surface area contributed by atoms with Gasteiger partial charge < -0.3 is 15.0 Å². The number of nitrogens with zero attached hydrogens (tertiary/aromatic N) is 2. The summed E-state index contributed by atoms with van der Waals surface area (Å²) in [4.78, 5) is 7.05. The zero-order chi connectivity index (χ0) is 12.1. The predicted molar refractivity (Wildman–Crippen MR) is 69.2 cm³/mol. The Labute approximate surface area is 103 Å². The van der Waals surface area contributed by atoms with Gasteiger partial charge in [-0.2, -0.15) is 0 Å². The molecule has 1 aliphatic carbocycles. The molecule has 1 N–H and O–H groups in total. The molecule has 94 valence electrons. The van der Waals surface area contributed by atoms with Crippen LogP contribution >= 0.6 is 0 Å². The van der Waals surface area contributed by atoms with Gasteiger partial charge in [0.2, 0.25) is 0 Å². The van der Waals surface area contributed by atoms with Crippen LogP contribution in [0.4, 0.5) is 5.82 Å². The summed E-state index contributed by atoms with van der Waals surface area (Å²) >= 11 is 0. The van der Waals surface area contributed by atoms with Crippen LogP contribution in [0.15, 0.2) is 18.2 Å². The summed E-state index contributed by atoms with van der Waals surface area (Å²) < 4.78 is 5.17.